The summed E-state index contributed by atoms with van der Waals surface area (Å²) in [6.45, 7) is 2.05. The SMILES string of the molecule is NC1C(F)CCN2CCCC12. The van der Waals surface area contributed by atoms with E-state index in [2.05, 4.69) is 4.90 Å². The first kappa shape index (κ1) is 7.50. The fourth-order valence-corrected chi connectivity index (χ4v) is 2.29. The lowest BCUT2D eigenvalue weighted by Gasteiger charge is -2.36. The second kappa shape index (κ2) is 2.72. The summed E-state index contributed by atoms with van der Waals surface area (Å²) in [5.74, 6) is 0. The predicted molar refractivity (Wildman–Crippen MR) is 42.1 cm³/mol. The zero-order valence-electron chi connectivity index (χ0n) is 6.67. The molecule has 2 nitrogen and oxygen atoms in total. The maximum Gasteiger partial charge on any atom is 0.118 e. The average molecular weight is 158 g/mol. The number of piperidine rings is 1. The number of hydrogen-bond donors (Lipinski definition) is 1. The van der Waals surface area contributed by atoms with Gasteiger partial charge in [0, 0.05) is 12.6 Å². The average Bonchev–Trinajstić information content (AvgIpc) is 2.45. The van der Waals surface area contributed by atoms with Crippen molar-refractivity contribution in [1.82, 2.24) is 4.90 Å². The van der Waals surface area contributed by atoms with Crippen LogP contribution in [-0.4, -0.2) is 36.2 Å². The fraction of sp³-hybridized carbons (Fsp3) is 1.00. The number of halogens is 1. The third-order valence-corrected chi connectivity index (χ3v) is 2.97. The van der Waals surface area contributed by atoms with E-state index in [-0.39, 0.29) is 6.04 Å². The van der Waals surface area contributed by atoms with Crippen LogP contribution >= 0.6 is 0 Å². The maximum absolute atomic E-state index is 13.1. The van der Waals surface area contributed by atoms with E-state index in [1.54, 1.807) is 0 Å². The Labute approximate surface area is 66.5 Å². The Morgan fingerprint density at radius 1 is 1.27 bits per heavy atom. The van der Waals surface area contributed by atoms with Gasteiger partial charge < -0.3 is 5.73 Å². The molecule has 0 spiro atoms. The molecule has 2 heterocycles. The van der Waals surface area contributed by atoms with Crippen molar-refractivity contribution in [2.75, 3.05) is 13.1 Å². The van der Waals surface area contributed by atoms with Crippen LogP contribution in [0.1, 0.15) is 19.3 Å². The Morgan fingerprint density at radius 2 is 2.09 bits per heavy atom. The molecule has 64 valence electrons. The Balaban J connectivity index is 2.06. The minimum Gasteiger partial charge on any atom is -0.324 e. The summed E-state index contributed by atoms with van der Waals surface area (Å²) in [6, 6.07) is 0.130. The van der Waals surface area contributed by atoms with Crippen LogP contribution in [0.25, 0.3) is 0 Å². The highest BCUT2D eigenvalue weighted by molar-refractivity contribution is 4.95. The first-order valence-electron chi connectivity index (χ1n) is 4.43. The zero-order chi connectivity index (χ0) is 7.84. The van der Waals surface area contributed by atoms with Crippen LogP contribution in [-0.2, 0) is 0 Å². The maximum atomic E-state index is 13.1. The normalized spacial score (nSPS) is 45.8. The van der Waals surface area contributed by atoms with Crippen LogP contribution in [0.15, 0.2) is 0 Å². The number of alkyl halides is 1. The van der Waals surface area contributed by atoms with E-state index in [0.717, 1.165) is 19.5 Å². The second-order valence-electron chi connectivity index (χ2n) is 3.63. The highest BCUT2D eigenvalue weighted by atomic mass is 19.1. The zero-order valence-corrected chi connectivity index (χ0v) is 6.67. The van der Waals surface area contributed by atoms with Gasteiger partial charge in [0.15, 0.2) is 0 Å². The summed E-state index contributed by atoms with van der Waals surface area (Å²) in [5, 5.41) is 0. The van der Waals surface area contributed by atoms with E-state index >= 15 is 0 Å². The van der Waals surface area contributed by atoms with Crippen LogP contribution in [0.3, 0.4) is 0 Å². The first-order chi connectivity index (χ1) is 5.29. The molecular formula is C8H15FN2. The van der Waals surface area contributed by atoms with Crippen molar-refractivity contribution in [2.45, 2.75) is 37.5 Å². The van der Waals surface area contributed by atoms with Gasteiger partial charge in [0.25, 0.3) is 0 Å². The number of hydrogen-bond acceptors (Lipinski definition) is 2. The molecule has 0 aromatic rings. The lowest BCUT2D eigenvalue weighted by molar-refractivity contribution is 0.0977. The van der Waals surface area contributed by atoms with Crippen molar-refractivity contribution >= 4 is 0 Å². The predicted octanol–water partition coefficient (Wildman–Crippen LogP) is 0.520. The summed E-state index contributed by atoms with van der Waals surface area (Å²) in [7, 11) is 0. The fourth-order valence-electron chi connectivity index (χ4n) is 2.29. The Morgan fingerprint density at radius 3 is 2.91 bits per heavy atom. The summed E-state index contributed by atoms with van der Waals surface area (Å²) in [5.41, 5.74) is 5.75. The van der Waals surface area contributed by atoms with E-state index in [9.17, 15) is 4.39 Å². The van der Waals surface area contributed by atoms with Crippen molar-refractivity contribution in [1.29, 1.82) is 0 Å². The van der Waals surface area contributed by atoms with Gasteiger partial charge in [0.05, 0.1) is 6.04 Å². The highest BCUT2D eigenvalue weighted by Gasteiger charge is 2.38. The molecule has 0 aliphatic carbocycles. The van der Waals surface area contributed by atoms with Gasteiger partial charge in [-0.25, -0.2) is 4.39 Å². The molecule has 3 atom stereocenters. The molecule has 11 heavy (non-hydrogen) atoms. The van der Waals surface area contributed by atoms with Crippen LogP contribution < -0.4 is 5.73 Å². The quantitative estimate of drug-likeness (QED) is 0.557. The summed E-state index contributed by atoms with van der Waals surface area (Å²) in [4.78, 5) is 2.33. The summed E-state index contributed by atoms with van der Waals surface area (Å²) in [6.07, 6.45) is 2.18. The van der Waals surface area contributed by atoms with Crippen LogP contribution in [0.4, 0.5) is 4.39 Å². The molecule has 3 heteroatoms. The van der Waals surface area contributed by atoms with Crippen molar-refractivity contribution in [2.24, 2.45) is 5.73 Å². The van der Waals surface area contributed by atoms with Gasteiger partial charge in [0.1, 0.15) is 6.17 Å². The smallest absolute Gasteiger partial charge is 0.118 e. The standard InChI is InChI=1S/C8H15FN2/c9-6-3-5-11-4-1-2-7(11)8(6)10/h6-8H,1-5,10H2. The minimum atomic E-state index is -0.755. The van der Waals surface area contributed by atoms with Gasteiger partial charge in [0.2, 0.25) is 0 Å². The third-order valence-electron chi connectivity index (χ3n) is 2.97. The highest BCUT2D eigenvalue weighted by Crippen LogP contribution is 2.27. The lowest BCUT2D eigenvalue weighted by atomic mass is 9.96. The molecule has 2 rings (SSSR count). The first-order valence-corrected chi connectivity index (χ1v) is 4.43. The lowest BCUT2D eigenvalue weighted by Crippen LogP contribution is -2.54. The largest absolute Gasteiger partial charge is 0.324 e. The van der Waals surface area contributed by atoms with Gasteiger partial charge >= 0.3 is 0 Å². The van der Waals surface area contributed by atoms with Gasteiger partial charge in [-0.2, -0.15) is 0 Å². The topological polar surface area (TPSA) is 29.3 Å². The molecule has 0 aromatic heterocycles. The van der Waals surface area contributed by atoms with Crippen molar-refractivity contribution in [3.8, 4) is 0 Å². The van der Waals surface area contributed by atoms with Crippen molar-refractivity contribution in [3.05, 3.63) is 0 Å². The number of nitrogens with two attached hydrogens (primary N) is 1. The van der Waals surface area contributed by atoms with Crippen LogP contribution in [0.5, 0.6) is 0 Å². The minimum absolute atomic E-state index is 0.216. The van der Waals surface area contributed by atoms with E-state index in [1.165, 1.54) is 6.42 Å². The number of rotatable bonds is 0. The van der Waals surface area contributed by atoms with E-state index in [1.807, 2.05) is 0 Å². The molecular weight excluding hydrogens is 143 g/mol. The molecule has 2 saturated heterocycles. The van der Waals surface area contributed by atoms with Gasteiger partial charge in [-0.3, -0.25) is 4.90 Å². The molecule has 0 bridgehead atoms. The van der Waals surface area contributed by atoms with E-state index in [0.29, 0.717) is 12.5 Å². The van der Waals surface area contributed by atoms with Crippen molar-refractivity contribution < 1.29 is 4.39 Å². The molecule has 0 amide bonds. The molecule has 0 saturated carbocycles. The Kier molecular flexibility index (Phi) is 1.85. The van der Waals surface area contributed by atoms with Gasteiger partial charge in [-0.15, -0.1) is 0 Å². The second-order valence-corrected chi connectivity index (χ2v) is 3.63. The molecule has 2 N–H and O–H groups in total. The number of fused-ring (bicyclic) bond motifs is 1. The van der Waals surface area contributed by atoms with Gasteiger partial charge in [-0.05, 0) is 25.8 Å². The Bertz CT molecular complexity index is 151. The van der Waals surface area contributed by atoms with E-state index in [4.69, 9.17) is 5.73 Å². The molecule has 0 aromatic carbocycles. The monoisotopic (exact) mass is 158 g/mol. The van der Waals surface area contributed by atoms with Crippen LogP contribution in [0.2, 0.25) is 0 Å². The molecule has 0 radical (unpaired) electrons. The summed E-state index contributed by atoms with van der Waals surface area (Å²) < 4.78 is 13.1. The van der Waals surface area contributed by atoms with E-state index < -0.39 is 6.17 Å². The summed E-state index contributed by atoms with van der Waals surface area (Å²) >= 11 is 0. The molecule has 2 aliphatic heterocycles. The molecule has 2 aliphatic rings. The van der Waals surface area contributed by atoms with Crippen molar-refractivity contribution in [3.63, 3.8) is 0 Å². The molecule has 2 fully saturated rings. The number of nitrogens with zero attached hydrogens (tertiary/aromatic N) is 1. The molecule has 3 unspecified atom stereocenters. The van der Waals surface area contributed by atoms with Crippen LogP contribution in [0, 0.1) is 0 Å². The van der Waals surface area contributed by atoms with Gasteiger partial charge in [-0.1, -0.05) is 0 Å². The Hall–Kier alpha value is -0.150. The third kappa shape index (κ3) is 1.16.